The fourth-order valence-electron chi connectivity index (χ4n) is 1.88. The van der Waals surface area contributed by atoms with E-state index in [0.29, 0.717) is 12.1 Å². The van der Waals surface area contributed by atoms with Crippen molar-refractivity contribution in [3.63, 3.8) is 0 Å². The van der Waals surface area contributed by atoms with Crippen LogP contribution in [-0.4, -0.2) is 45.3 Å². The summed E-state index contributed by atoms with van der Waals surface area (Å²) in [5, 5.41) is 16.4. The maximum absolute atomic E-state index is 12.0. The average Bonchev–Trinajstić information content (AvgIpc) is 2.77. The van der Waals surface area contributed by atoms with Gasteiger partial charge < -0.3 is 10.0 Å². The van der Waals surface area contributed by atoms with Gasteiger partial charge in [0.1, 0.15) is 0 Å². The van der Waals surface area contributed by atoms with Gasteiger partial charge in [0.2, 0.25) is 0 Å². The minimum atomic E-state index is -0.0681. The molecule has 0 radical (unpaired) electrons. The lowest BCUT2D eigenvalue weighted by molar-refractivity contribution is 0.0677. The molecule has 2 rings (SSSR count). The number of likely N-dealkylation sites (tertiary alicyclic amines) is 1. The van der Waals surface area contributed by atoms with Gasteiger partial charge in [0.25, 0.3) is 5.91 Å². The van der Waals surface area contributed by atoms with Crippen molar-refractivity contribution in [3.8, 4) is 0 Å². The maximum atomic E-state index is 12.0. The van der Waals surface area contributed by atoms with E-state index in [9.17, 15) is 4.79 Å². The van der Waals surface area contributed by atoms with Crippen molar-refractivity contribution in [2.45, 2.75) is 18.9 Å². The van der Waals surface area contributed by atoms with Crippen molar-refractivity contribution < 1.29 is 9.90 Å². The molecule has 0 unspecified atom stereocenters. The molecular formula is C10H13N3O2. The number of amides is 1. The first kappa shape index (κ1) is 10.0. The quantitative estimate of drug-likeness (QED) is 0.745. The number of carbonyl (C=O) groups excluding carboxylic acids is 1. The summed E-state index contributed by atoms with van der Waals surface area (Å²) in [4.78, 5) is 13.7. The summed E-state index contributed by atoms with van der Waals surface area (Å²) in [7, 11) is 0. The van der Waals surface area contributed by atoms with Gasteiger partial charge in [-0.3, -0.25) is 4.79 Å². The van der Waals surface area contributed by atoms with Crippen molar-refractivity contribution in [3.05, 3.63) is 24.0 Å². The SMILES string of the molecule is O=C(c1ccnnc1)N1CCC[C@H]1CO. The van der Waals surface area contributed by atoms with Crippen molar-refractivity contribution in [1.29, 1.82) is 0 Å². The number of carbonyl (C=O) groups is 1. The summed E-state index contributed by atoms with van der Waals surface area (Å²) in [6.07, 6.45) is 4.78. The van der Waals surface area contributed by atoms with Crippen LogP contribution in [0.5, 0.6) is 0 Å². The van der Waals surface area contributed by atoms with Crippen molar-refractivity contribution in [2.75, 3.05) is 13.2 Å². The van der Waals surface area contributed by atoms with Gasteiger partial charge in [-0.25, -0.2) is 0 Å². The minimum Gasteiger partial charge on any atom is -0.394 e. The highest BCUT2D eigenvalue weighted by Crippen LogP contribution is 2.18. The molecule has 1 saturated heterocycles. The second-order valence-electron chi connectivity index (χ2n) is 3.61. The zero-order valence-electron chi connectivity index (χ0n) is 8.33. The fraction of sp³-hybridized carbons (Fsp3) is 0.500. The first-order chi connectivity index (χ1) is 7.33. The Balaban J connectivity index is 2.14. The molecule has 0 spiro atoms. The smallest absolute Gasteiger partial charge is 0.255 e. The standard InChI is InChI=1S/C10H13N3O2/c14-7-9-2-1-5-13(9)10(15)8-3-4-11-12-6-8/h3-4,6,9,14H,1-2,5,7H2/t9-/m0/s1. The van der Waals surface area contributed by atoms with Crippen LogP contribution in [0.3, 0.4) is 0 Å². The number of rotatable bonds is 2. The van der Waals surface area contributed by atoms with Crippen LogP contribution in [0, 0.1) is 0 Å². The van der Waals surface area contributed by atoms with Crippen molar-refractivity contribution in [2.24, 2.45) is 0 Å². The zero-order valence-corrected chi connectivity index (χ0v) is 8.33. The molecular weight excluding hydrogens is 194 g/mol. The Morgan fingerprint density at radius 2 is 2.47 bits per heavy atom. The number of aromatic nitrogens is 2. The van der Waals surface area contributed by atoms with Gasteiger partial charge in [-0.05, 0) is 18.9 Å². The monoisotopic (exact) mass is 207 g/mol. The first-order valence-corrected chi connectivity index (χ1v) is 5.01. The lowest BCUT2D eigenvalue weighted by atomic mass is 10.2. The maximum Gasteiger partial charge on any atom is 0.255 e. The molecule has 1 fully saturated rings. The molecule has 1 atom stereocenters. The van der Waals surface area contributed by atoms with Crippen LogP contribution in [0.2, 0.25) is 0 Å². The molecule has 0 aliphatic carbocycles. The van der Waals surface area contributed by atoms with Crippen LogP contribution in [0.25, 0.3) is 0 Å². The molecule has 1 aromatic heterocycles. The largest absolute Gasteiger partial charge is 0.394 e. The van der Waals surface area contributed by atoms with Crippen LogP contribution in [0.4, 0.5) is 0 Å². The van der Waals surface area contributed by atoms with E-state index >= 15 is 0 Å². The summed E-state index contributed by atoms with van der Waals surface area (Å²) in [5.74, 6) is -0.0681. The highest BCUT2D eigenvalue weighted by Gasteiger charge is 2.28. The molecule has 1 amide bonds. The molecule has 0 bridgehead atoms. The summed E-state index contributed by atoms with van der Waals surface area (Å²) < 4.78 is 0. The molecule has 5 nitrogen and oxygen atoms in total. The van der Waals surface area contributed by atoms with E-state index in [1.807, 2.05) is 0 Å². The Labute approximate surface area is 87.7 Å². The summed E-state index contributed by atoms with van der Waals surface area (Å²) in [6.45, 7) is 0.747. The molecule has 1 aliphatic rings. The number of aliphatic hydroxyl groups is 1. The lowest BCUT2D eigenvalue weighted by Crippen LogP contribution is -2.37. The zero-order chi connectivity index (χ0) is 10.7. The van der Waals surface area contributed by atoms with E-state index in [2.05, 4.69) is 10.2 Å². The van der Waals surface area contributed by atoms with E-state index < -0.39 is 0 Å². The first-order valence-electron chi connectivity index (χ1n) is 5.01. The predicted octanol–water partition coefficient (Wildman–Crippen LogP) is 0.0735. The van der Waals surface area contributed by atoms with E-state index in [1.165, 1.54) is 12.4 Å². The van der Waals surface area contributed by atoms with Gasteiger partial charge in [0.05, 0.1) is 30.6 Å². The highest BCUT2D eigenvalue weighted by atomic mass is 16.3. The fourth-order valence-corrected chi connectivity index (χ4v) is 1.88. The van der Waals surface area contributed by atoms with Crippen LogP contribution in [0.1, 0.15) is 23.2 Å². The molecule has 1 N–H and O–H groups in total. The van der Waals surface area contributed by atoms with E-state index in [-0.39, 0.29) is 18.6 Å². The molecule has 0 aromatic carbocycles. The highest BCUT2D eigenvalue weighted by molar-refractivity contribution is 5.94. The Bertz CT molecular complexity index is 342. The molecule has 80 valence electrons. The third kappa shape index (κ3) is 1.97. The normalized spacial score (nSPS) is 20.6. The topological polar surface area (TPSA) is 66.3 Å². The van der Waals surface area contributed by atoms with Gasteiger partial charge in [0, 0.05) is 6.54 Å². The van der Waals surface area contributed by atoms with Crippen molar-refractivity contribution in [1.82, 2.24) is 15.1 Å². The second kappa shape index (κ2) is 4.35. The second-order valence-corrected chi connectivity index (χ2v) is 3.61. The third-order valence-electron chi connectivity index (χ3n) is 2.68. The lowest BCUT2D eigenvalue weighted by Gasteiger charge is -2.22. The molecule has 5 heteroatoms. The number of nitrogens with zero attached hydrogens (tertiary/aromatic N) is 3. The predicted molar refractivity (Wildman–Crippen MR) is 53.2 cm³/mol. The van der Waals surface area contributed by atoms with Crippen LogP contribution >= 0.6 is 0 Å². The van der Waals surface area contributed by atoms with Crippen LogP contribution in [-0.2, 0) is 0 Å². The van der Waals surface area contributed by atoms with Gasteiger partial charge in [-0.2, -0.15) is 10.2 Å². The number of aliphatic hydroxyl groups excluding tert-OH is 1. The summed E-state index contributed by atoms with van der Waals surface area (Å²) >= 11 is 0. The van der Waals surface area contributed by atoms with Gasteiger partial charge >= 0.3 is 0 Å². The Morgan fingerprint density at radius 3 is 3.13 bits per heavy atom. The number of hydrogen-bond acceptors (Lipinski definition) is 4. The third-order valence-corrected chi connectivity index (χ3v) is 2.68. The van der Waals surface area contributed by atoms with E-state index in [4.69, 9.17) is 5.11 Å². The average molecular weight is 207 g/mol. The van der Waals surface area contributed by atoms with Crippen molar-refractivity contribution >= 4 is 5.91 Å². The Morgan fingerprint density at radius 1 is 1.60 bits per heavy atom. The Kier molecular flexibility index (Phi) is 2.91. The molecule has 1 aliphatic heterocycles. The van der Waals surface area contributed by atoms with Crippen LogP contribution in [0.15, 0.2) is 18.5 Å². The minimum absolute atomic E-state index is 0.0320. The van der Waals surface area contributed by atoms with Gasteiger partial charge in [-0.15, -0.1) is 0 Å². The number of hydrogen-bond donors (Lipinski definition) is 1. The molecule has 15 heavy (non-hydrogen) atoms. The molecule has 2 heterocycles. The molecule has 1 aromatic rings. The Hall–Kier alpha value is -1.49. The summed E-state index contributed by atoms with van der Waals surface area (Å²) in [6, 6.07) is 1.60. The van der Waals surface area contributed by atoms with Crippen LogP contribution < -0.4 is 0 Å². The van der Waals surface area contributed by atoms with Gasteiger partial charge in [-0.1, -0.05) is 0 Å². The van der Waals surface area contributed by atoms with Gasteiger partial charge in [0.15, 0.2) is 0 Å². The van der Waals surface area contributed by atoms with E-state index in [1.54, 1.807) is 11.0 Å². The van der Waals surface area contributed by atoms with E-state index in [0.717, 1.165) is 12.8 Å². The molecule has 0 saturated carbocycles. The summed E-state index contributed by atoms with van der Waals surface area (Å²) in [5.41, 5.74) is 0.533.